The summed E-state index contributed by atoms with van der Waals surface area (Å²) in [6.45, 7) is 2.21. The predicted octanol–water partition coefficient (Wildman–Crippen LogP) is 3.16. The summed E-state index contributed by atoms with van der Waals surface area (Å²) in [6, 6.07) is 9.15. The van der Waals surface area contributed by atoms with Gasteiger partial charge in [-0.05, 0) is 36.2 Å². The van der Waals surface area contributed by atoms with Crippen molar-refractivity contribution in [2.24, 2.45) is 0 Å². The molecule has 0 saturated carbocycles. The van der Waals surface area contributed by atoms with Crippen LogP contribution in [0.3, 0.4) is 0 Å². The maximum absolute atomic E-state index is 13.1. The van der Waals surface area contributed by atoms with E-state index in [0.717, 1.165) is 55.8 Å². The maximum Gasteiger partial charge on any atom is 0.225 e. The van der Waals surface area contributed by atoms with Crippen molar-refractivity contribution >= 4 is 27.2 Å². The van der Waals surface area contributed by atoms with E-state index in [9.17, 15) is 12.8 Å². The number of ether oxygens (including phenoxy) is 1. The van der Waals surface area contributed by atoms with E-state index >= 15 is 0 Å². The third-order valence-electron chi connectivity index (χ3n) is 6.02. The molecule has 2 aromatic heterocycles. The van der Waals surface area contributed by atoms with Crippen LogP contribution < -0.4 is 14.5 Å². The number of pyridine rings is 1. The minimum Gasteiger partial charge on any atom is -0.474 e. The van der Waals surface area contributed by atoms with E-state index in [2.05, 4.69) is 19.9 Å². The summed E-state index contributed by atoms with van der Waals surface area (Å²) in [5.41, 5.74) is 2.99. The maximum atomic E-state index is 13.1. The molecule has 1 aromatic carbocycles. The molecule has 2 aliphatic heterocycles. The number of sulfone groups is 1. The first-order valence-electron chi connectivity index (χ1n) is 10.8. The number of piperidine rings is 1. The van der Waals surface area contributed by atoms with Crippen LogP contribution in [0.25, 0.3) is 0 Å². The van der Waals surface area contributed by atoms with E-state index in [1.807, 2.05) is 23.1 Å². The topological polar surface area (TPSA) is 88.5 Å². The van der Waals surface area contributed by atoms with Crippen LogP contribution in [0.2, 0.25) is 0 Å². The summed E-state index contributed by atoms with van der Waals surface area (Å²) in [5.74, 6) is 0.645. The second kappa shape index (κ2) is 8.58. The Hall–Kier alpha value is -3.27. The molecule has 8 nitrogen and oxygen atoms in total. The molecule has 0 spiro atoms. The molecule has 5 rings (SSSR count). The molecule has 0 aliphatic carbocycles. The van der Waals surface area contributed by atoms with Gasteiger partial charge in [-0.25, -0.2) is 27.8 Å². The molecular formula is C23H24FN5O3S. The number of nitrogens with zero attached hydrogens (tertiary/aromatic N) is 5. The monoisotopic (exact) mass is 469 g/mol. The van der Waals surface area contributed by atoms with Crippen molar-refractivity contribution < 1.29 is 17.5 Å². The van der Waals surface area contributed by atoms with Crippen molar-refractivity contribution in [3.05, 3.63) is 60.3 Å². The molecule has 3 aromatic rings. The lowest BCUT2D eigenvalue weighted by atomic mass is 10.1. The number of rotatable bonds is 5. The molecule has 10 heteroatoms. The van der Waals surface area contributed by atoms with Crippen molar-refractivity contribution in [3.8, 4) is 5.88 Å². The average molecular weight is 470 g/mol. The quantitative estimate of drug-likeness (QED) is 0.563. The van der Waals surface area contributed by atoms with Gasteiger partial charge >= 0.3 is 0 Å². The summed E-state index contributed by atoms with van der Waals surface area (Å²) in [4.78, 5) is 17.0. The third kappa shape index (κ3) is 4.61. The van der Waals surface area contributed by atoms with Crippen LogP contribution in [0.4, 0.5) is 21.7 Å². The Bertz CT molecular complexity index is 1260. The number of halogens is 1. The molecule has 0 atom stereocenters. The Morgan fingerprint density at radius 2 is 1.79 bits per heavy atom. The van der Waals surface area contributed by atoms with E-state index in [4.69, 9.17) is 4.74 Å². The van der Waals surface area contributed by atoms with Crippen LogP contribution in [0.15, 0.2) is 53.8 Å². The van der Waals surface area contributed by atoms with E-state index in [-0.39, 0.29) is 6.10 Å². The Morgan fingerprint density at radius 3 is 2.52 bits per heavy atom. The summed E-state index contributed by atoms with van der Waals surface area (Å²) >= 11 is 0. The van der Waals surface area contributed by atoms with Gasteiger partial charge in [0.25, 0.3) is 0 Å². The molecule has 0 amide bonds. The summed E-state index contributed by atoms with van der Waals surface area (Å²) < 4.78 is 43.0. The molecule has 2 aliphatic rings. The highest BCUT2D eigenvalue weighted by molar-refractivity contribution is 7.90. The highest BCUT2D eigenvalue weighted by Crippen LogP contribution is 2.36. The van der Waals surface area contributed by atoms with Gasteiger partial charge in [-0.2, -0.15) is 0 Å². The van der Waals surface area contributed by atoms with Gasteiger partial charge in [-0.1, -0.05) is 0 Å². The van der Waals surface area contributed by atoms with Crippen LogP contribution in [0.1, 0.15) is 18.4 Å². The zero-order chi connectivity index (χ0) is 23.0. The fourth-order valence-corrected chi connectivity index (χ4v) is 4.99. The van der Waals surface area contributed by atoms with Crippen molar-refractivity contribution in [1.82, 2.24) is 15.0 Å². The lowest BCUT2D eigenvalue weighted by Gasteiger charge is -2.32. The predicted molar refractivity (Wildman–Crippen MR) is 122 cm³/mol. The fourth-order valence-electron chi connectivity index (χ4n) is 4.32. The van der Waals surface area contributed by atoms with Gasteiger partial charge in [0.2, 0.25) is 11.8 Å². The zero-order valence-corrected chi connectivity index (χ0v) is 19.0. The fraction of sp³-hybridized carbons (Fsp3) is 0.348. The SMILES string of the molecule is CS(=O)(=O)c1ccc2c(c1)CCN2c1ccnc(OC2CCN(c3ncc(F)cn3)CC2)c1. The van der Waals surface area contributed by atoms with Crippen LogP contribution in [0.5, 0.6) is 5.88 Å². The molecular weight excluding hydrogens is 445 g/mol. The van der Waals surface area contributed by atoms with Crippen molar-refractivity contribution in [3.63, 3.8) is 0 Å². The van der Waals surface area contributed by atoms with E-state index in [1.54, 1.807) is 18.3 Å². The van der Waals surface area contributed by atoms with Crippen molar-refractivity contribution in [1.29, 1.82) is 0 Å². The molecule has 0 N–H and O–H groups in total. The van der Waals surface area contributed by atoms with Gasteiger partial charge in [0.05, 0.1) is 17.3 Å². The number of benzene rings is 1. The Kier molecular flexibility index (Phi) is 5.61. The third-order valence-corrected chi connectivity index (χ3v) is 7.13. The van der Waals surface area contributed by atoms with Gasteiger partial charge in [0, 0.05) is 62.4 Å². The van der Waals surface area contributed by atoms with E-state index in [1.165, 1.54) is 18.6 Å². The Morgan fingerprint density at radius 1 is 1.03 bits per heavy atom. The molecule has 172 valence electrons. The molecule has 1 saturated heterocycles. The number of hydrogen-bond donors (Lipinski definition) is 0. The van der Waals surface area contributed by atoms with Crippen LogP contribution in [-0.2, 0) is 16.3 Å². The summed E-state index contributed by atoms with van der Waals surface area (Å²) in [5, 5.41) is 0. The van der Waals surface area contributed by atoms with E-state index in [0.29, 0.717) is 16.7 Å². The molecule has 33 heavy (non-hydrogen) atoms. The van der Waals surface area contributed by atoms with Gasteiger partial charge in [-0.15, -0.1) is 0 Å². The average Bonchev–Trinajstić information content (AvgIpc) is 3.23. The van der Waals surface area contributed by atoms with Gasteiger partial charge in [0.15, 0.2) is 15.7 Å². The molecule has 0 radical (unpaired) electrons. The normalized spacial score (nSPS) is 16.7. The lowest BCUT2D eigenvalue weighted by Crippen LogP contribution is -2.39. The van der Waals surface area contributed by atoms with Gasteiger partial charge in [-0.3, -0.25) is 0 Å². The second-order valence-electron chi connectivity index (χ2n) is 8.32. The minimum atomic E-state index is -3.23. The highest BCUT2D eigenvalue weighted by Gasteiger charge is 2.25. The molecule has 1 fully saturated rings. The number of fused-ring (bicyclic) bond motifs is 1. The smallest absolute Gasteiger partial charge is 0.225 e. The highest BCUT2D eigenvalue weighted by atomic mass is 32.2. The first-order chi connectivity index (χ1) is 15.9. The number of anilines is 3. The minimum absolute atomic E-state index is 0.0210. The Labute approximate surface area is 192 Å². The van der Waals surface area contributed by atoms with E-state index < -0.39 is 15.7 Å². The molecule has 0 unspecified atom stereocenters. The largest absolute Gasteiger partial charge is 0.474 e. The summed E-state index contributed by atoms with van der Waals surface area (Å²) in [7, 11) is -3.23. The second-order valence-corrected chi connectivity index (χ2v) is 10.3. The molecule has 4 heterocycles. The number of hydrogen-bond acceptors (Lipinski definition) is 8. The Balaban J connectivity index is 1.25. The van der Waals surface area contributed by atoms with Crippen LogP contribution in [0, 0.1) is 5.82 Å². The van der Waals surface area contributed by atoms with Crippen molar-refractivity contribution in [2.45, 2.75) is 30.3 Å². The van der Waals surface area contributed by atoms with Crippen LogP contribution >= 0.6 is 0 Å². The van der Waals surface area contributed by atoms with Gasteiger partial charge in [0.1, 0.15) is 6.10 Å². The molecule has 0 bridgehead atoms. The first-order valence-corrected chi connectivity index (χ1v) is 12.7. The zero-order valence-electron chi connectivity index (χ0n) is 18.2. The van der Waals surface area contributed by atoms with Crippen LogP contribution in [-0.4, -0.2) is 55.4 Å². The first kappa shape index (κ1) is 21.6. The standard InChI is InChI=1S/C23H24FN5O3S/c1-33(30,31)20-2-3-21-16(12-20)5-11-29(21)18-4-8-25-22(13-18)32-19-6-9-28(10-7-19)23-26-14-17(24)15-27-23/h2-4,8,12-15,19H,5-7,9-11H2,1H3. The number of aromatic nitrogens is 3. The summed E-state index contributed by atoms with van der Waals surface area (Å²) in [6.07, 6.45) is 7.69. The lowest BCUT2D eigenvalue weighted by molar-refractivity contribution is 0.163. The van der Waals surface area contributed by atoms with Crippen molar-refractivity contribution in [2.75, 3.05) is 35.7 Å². The van der Waals surface area contributed by atoms with Gasteiger partial charge < -0.3 is 14.5 Å².